The standard InChI is InChI=1S/C17H15FN2O4/c18-13-4-2-1-3-12(13)9-20-17(22)16(21)19-8-11-5-6-14-15(7-11)24-10-23-14/h1-7H,8-10H2,(H,19,21)(H,20,22). The Morgan fingerprint density at radius 3 is 2.46 bits per heavy atom. The van der Waals surface area contributed by atoms with Crippen LogP contribution in [0.2, 0.25) is 0 Å². The monoisotopic (exact) mass is 330 g/mol. The number of hydrogen-bond donors (Lipinski definition) is 2. The van der Waals surface area contributed by atoms with Crippen molar-refractivity contribution in [3.8, 4) is 11.5 Å². The number of fused-ring (bicyclic) bond motifs is 1. The highest BCUT2D eigenvalue weighted by Gasteiger charge is 2.16. The molecule has 2 aromatic rings. The van der Waals surface area contributed by atoms with Crippen LogP contribution in [-0.2, 0) is 22.7 Å². The Labute approximate surface area is 137 Å². The number of amides is 2. The van der Waals surface area contributed by atoms with Gasteiger partial charge in [-0.3, -0.25) is 9.59 Å². The zero-order valence-corrected chi connectivity index (χ0v) is 12.7. The van der Waals surface area contributed by atoms with E-state index in [4.69, 9.17) is 9.47 Å². The van der Waals surface area contributed by atoms with Crippen LogP contribution in [0, 0.1) is 5.82 Å². The molecular formula is C17H15FN2O4. The molecule has 124 valence electrons. The number of carbonyl (C=O) groups is 2. The SMILES string of the molecule is O=C(NCc1ccc2c(c1)OCO2)C(=O)NCc1ccccc1F. The van der Waals surface area contributed by atoms with E-state index in [0.717, 1.165) is 5.56 Å². The summed E-state index contributed by atoms with van der Waals surface area (Å²) in [6.45, 7) is 0.287. The molecule has 24 heavy (non-hydrogen) atoms. The zero-order valence-electron chi connectivity index (χ0n) is 12.7. The third kappa shape index (κ3) is 3.62. The third-order valence-corrected chi connectivity index (χ3v) is 3.49. The minimum atomic E-state index is -0.820. The van der Waals surface area contributed by atoms with Gasteiger partial charge in [0.1, 0.15) is 5.82 Å². The maximum absolute atomic E-state index is 13.4. The van der Waals surface area contributed by atoms with Crippen LogP contribution in [-0.4, -0.2) is 18.6 Å². The Hall–Kier alpha value is -3.09. The second kappa shape index (κ2) is 6.99. The van der Waals surface area contributed by atoms with E-state index in [9.17, 15) is 14.0 Å². The Morgan fingerprint density at radius 1 is 0.958 bits per heavy atom. The van der Waals surface area contributed by atoms with E-state index in [-0.39, 0.29) is 19.9 Å². The molecule has 0 aliphatic carbocycles. The Morgan fingerprint density at radius 2 is 1.67 bits per heavy atom. The fourth-order valence-corrected chi connectivity index (χ4v) is 2.21. The van der Waals surface area contributed by atoms with Crippen LogP contribution in [0.1, 0.15) is 11.1 Å². The fourth-order valence-electron chi connectivity index (χ4n) is 2.21. The van der Waals surface area contributed by atoms with Crippen molar-refractivity contribution in [3.63, 3.8) is 0 Å². The highest BCUT2D eigenvalue weighted by Crippen LogP contribution is 2.32. The molecule has 0 aromatic heterocycles. The highest BCUT2D eigenvalue weighted by molar-refractivity contribution is 6.35. The predicted octanol–water partition coefficient (Wildman–Crippen LogP) is 1.49. The molecule has 0 radical (unpaired) electrons. The number of halogens is 1. The molecule has 0 spiro atoms. The van der Waals surface area contributed by atoms with E-state index >= 15 is 0 Å². The first-order valence-electron chi connectivity index (χ1n) is 7.31. The summed E-state index contributed by atoms with van der Waals surface area (Å²) in [5.74, 6) is -0.792. The predicted molar refractivity (Wildman–Crippen MR) is 82.7 cm³/mol. The average Bonchev–Trinajstić information content (AvgIpc) is 3.06. The molecule has 0 bridgehead atoms. The van der Waals surface area contributed by atoms with Gasteiger partial charge in [-0.15, -0.1) is 0 Å². The molecule has 3 rings (SSSR count). The van der Waals surface area contributed by atoms with Crippen molar-refractivity contribution in [1.29, 1.82) is 0 Å². The Balaban J connectivity index is 1.49. The van der Waals surface area contributed by atoms with Gasteiger partial charge in [0.2, 0.25) is 6.79 Å². The smallest absolute Gasteiger partial charge is 0.309 e. The van der Waals surface area contributed by atoms with Gasteiger partial charge in [-0.2, -0.15) is 0 Å². The molecule has 6 nitrogen and oxygen atoms in total. The van der Waals surface area contributed by atoms with E-state index < -0.39 is 17.6 Å². The lowest BCUT2D eigenvalue weighted by Gasteiger charge is -2.08. The number of rotatable bonds is 4. The molecule has 0 saturated heterocycles. The van der Waals surface area contributed by atoms with E-state index in [1.165, 1.54) is 6.07 Å². The summed E-state index contributed by atoms with van der Waals surface area (Å²) in [5, 5.41) is 4.88. The molecule has 1 aliphatic heterocycles. The van der Waals surface area contributed by atoms with Crippen LogP contribution in [0.15, 0.2) is 42.5 Å². The van der Waals surface area contributed by atoms with Gasteiger partial charge in [0.25, 0.3) is 0 Å². The molecule has 7 heteroatoms. The summed E-state index contributed by atoms with van der Waals surface area (Å²) in [6.07, 6.45) is 0. The van der Waals surface area contributed by atoms with Gasteiger partial charge in [0.05, 0.1) is 0 Å². The van der Waals surface area contributed by atoms with Gasteiger partial charge in [-0.25, -0.2) is 4.39 Å². The first-order chi connectivity index (χ1) is 11.6. The molecule has 1 heterocycles. The second-order valence-corrected chi connectivity index (χ2v) is 5.14. The van der Waals surface area contributed by atoms with Crippen LogP contribution in [0.4, 0.5) is 4.39 Å². The van der Waals surface area contributed by atoms with Crippen LogP contribution in [0.5, 0.6) is 11.5 Å². The Kier molecular flexibility index (Phi) is 4.60. The summed E-state index contributed by atoms with van der Waals surface area (Å²) < 4.78 is 23.9. The first kappa shape index (κ1) is 15.8. The van der Waals surface area contributed by atoms with Gasteiger partial charge in [0, 0.05) is 18.7 Å². The third-order valence-electron chi connectivity index (χ3n) is 3.49. The topological polar surface area (TPSA) is 76.7 Å². The maximum atomic E-state index is 13.4. The molecule has 0 unspecified atom stereocenters. The number of benzene rings is 2. The van der Waals surface area contributed by atoms with Gasteiger partial charge in [0.15, 0.2) is 11.5 Å². The van der Waals surface area contributed by atoms with Crippen LogP contribution >= 0.6 is 0 Å². The number of carbonyl (C=O) groups excluding carboxylic acids is 2. The molecule has 0 saturated carbocycles. The van der Waals surface area contributed by atoms with Crippen molar-refractivity contribution in [2.24, 2.45) is 0 Å². The number of hydrogen-bond acceptors (Lipinski definition) is 4. The van der Waals surface area contributed by atoms with Crippen LogP contribution in [0.3, 0.4) is 0 Å². The Bertz CT molecular complexity index is 779. The van der Waals surface area contributed by atoms with E-state index in [1.54, 1.807) is 36.4 Å². The summed E-state index contributed by atoms with van der Waals surface area (Å²) in [7, 11) is 0. The molecular weight excluding hydrogens is 315 g/mol. The number of ether oxygens (including phenoxy) is 2. The van der Waals surface area contributed by atoms with E-state index in [2.05, 4.69) is 10.6 Å². The highest BCUT2D eigenvalue weighted by atomic mass is 19.1. The first-order valence-corrected chi connectivity index (χ1v) is 7.31. The van der Waals surface area contributed by atoms with E-state index in [0.29, 0.717) is 17.1 Å². The van der Waals surface area contributed by atoms with Crippen molar-refractivity contribution in [2.75, 3.05) is 6.79 Å². The number of nitrogens with one attached hydrogen (secondary N) is 2. The molecule has 2 amide bonds. The fraction of sp³-hybridized carbons (Fsp3) is 0.176. The molecule has 2 aromatic carbocycles. The summed E-state index contributed by atoms with van der Waals surface area (Å²) >= 11 is 0. The molecule has 2 N–H and O–H groups in total. The zero-order chi connectivity index (χ0) is 16.9. The van der Waals surface area contributed by atoms with Crippen molar-refractivity contribution in [2.45, 2.75) is 13.1 Å². The summed E-state index contributed by atoms with van der Waals surface area (Å²) in [4.78, 5) is 23.5. The lowest BCUT2D eigenvalue weighted by molar-refractivity contribution is -0.139. The minimum absolute atomic E-state index is 0.0526. The summed E-state index contributed by atoms with van der Waals surface area (Å²) in [5.41, 5.74) is 1.09. The summed E-state index contributed by atoms with van der Waals surface area (Å²) in [6, 6.07) is 11.3. The molecule has 0 fully saturated rings. The van der Waals surface area contributed by atoms with Crippen molar-refractivity contribution < 1.29 is 23.5 Å². The normalized spacial score (nSPS) is 11.9. The largest absolute Gasteiger partial charge is 0.454 e. The average molecular weight is 330 g/mol. The van der Waals surface area contributed by atoms with Crippen LogP contribution in [0.25, 0.3) is 0 Å². The lowest BCUT2D eigenvalue weighted by Crippen LogP contribution is -2.39. The van der Waals surface area contributed by atoms with Gasteiger partial charge >= 0.3 is 11.8 Å². The van der Waals surface area contributed by atoms with Gasteiger partial charge < -0.3 is 20.1 Å². The maximum Gasteiger partial charge on any atom is 0.309 e. The molecule has 0 atom stereocenters. The van der Waals surface area contributed by atoms with E-state index in [1.807, 2.05) is 0 Å². The van der Waals surface area contributed by atoms with Crippen LogP contribution < -0.4 is 20.1 Å². The van der Waals surface area contributed by atoms with Crippen molar-refractivity contribution in [1.82, 2.24) is 10.6 Å². The van der Waals surface area contributed by atoms with Crippen molar-refractivity contribution in [3.05, 3.63) is 59.4 Å². The second-order valence-electron chi connectivity index (χ2n) is 5.14. The van der Waals surface area contributed by atoms with Gasteiger partial charge in [-0.1, -0.05) is 24.3 Å². The molecule has 1 aliphatic rings. The lowest BCUT2D eigenvalue weighted by atomic mass is 10.2. The van der Waals surface area contributed by atoms with Crippen molar-refractivity contribution >= 4 is 11.8 Å². The quantitative estimate of drug-likeness (QED) is 0.833. The minimum Gasteiger partial charge on any atom is -0.454 e. The van der Waals surface area contributed by atoms with Gasteiger partial charge in [-0.05, 0) is 23.8 Å².